The molecule has 2 aromatic rings. The Kier molecular flexibility index (Phi) is 8.14. The first kappa shape index (κ1) is 28.8. The Labute approximate surface area is 225 Å². The number of amides is 1. The normalized spacial score (nSPS) is 19.1. The minimum absolute atomic E-state index is 0.0279. The van der Waals surface area contributed by atoms with Gasteiger partial charge in [0.05, 0.1) is 23.0 Å². The van der Waals surface area contributed by atoms with Gasteiger partial charge in [0.1, 0.15) is 5.82 Å². The molecule has 3 heterocycles. The molecule has 0 saturated carbocycles. The average Bonchev–Trinajstić information content (AvgIpc) is 3.17. The van der Waals surface area contributed by atoms with Crippen molar-refractivity contribution < 1.29 is 26.4 Å². The molecule has 11 nitrogen and oxygen atoms in total. The molecule has 1 N–H and O–H groups in total. The molecule has 4 rings (SSSR count). The summed E-state index contributed by atoms with van der Waals surface area (Å²) < 4.78 is 62.4. The van der Waals surface area contributed by atoms with E-state index in [4.69, 9.17) is 9.72 Å². The lowest BCUT2D eigenvalue weighted by Crippen LogP contribution is -2.52. The fourth-order valence-electron chi connectivity index (χ4n) is 5.30. The lowest BCUT2D eigenvalue weighted by atomic mass is 9.94. The number of aromatic nitrogens is 2. The molecule has 0 atom stereocenters. The second-order valence-corrected chi connectivity index (χ2v) is 15.2. The zero-order valence-corrected chi connectivity index (χ0v) is 24.4. The standard InChI is InChI=1S/C25H39N5O6S2/c1-18(31)26-20-8-12-28(13-9-20)38(34,35)30(37(5,32)33)21-6-7-23-22(16-21)27-24(25(2,3)4)29(23)17-19-10-14-36-15-11-19/h6-7,16,19-20H,8-15,17H2,1-5H3,(H,26,31). The molecule has 1 aromatic carbocycles. The van der Waals surface area contributed by atoms with Crippen LogP contribution in [0.1, 0.15) is 59.2 Å². The molecule has 38 heavy (non-hydrogen) atoms. The molecule has 0 aliphatic carbocycles. The van der Waals surface area contributed by atoms with Crippen molar-refractivity contribution in [2.45, 2.75) is 71.4 Å². The third kappa shape index (κ3) is 6.16. The van der Waals surface area contributed by atoms with Crippen molar-refractivity contribution in [3.8, 4) is 0 Å². The topological polar surface area (TPSA) is 131 Å². The summed E-state index contributed by atoms with van der Waals surface area (Å²) in [6, 6.07) is 4.72. The molecule has 212 valence electrons. The predicted molar refractivity (Wildman–Crippen MR) is 147 cm³/mol. The van der Waals surface area contributed by atoms with Gasteiger partial charge in [0, 0.05) is 51.2 Å². The Balaban J connectivity index is 1.70. The number of hydrogen-bond acceptors (Lipinski definition) is 7. The molecular formula is C25H39N5O6S2. The van der Waals surface area contributed by atoms with Gasteiger partial charge in [-0.1, -0.05) is 20.8 Å². The van der Waals surface area contributed by atoms with Crippen molar-refractivity contribution in [1.82, 2.24) is 19.2 Å². The fraction of sp³-hybridized carbons (Fsp3) is 0.680. The summed E-state index contributed by atoms with van der Waals surface area (Å²) in [5.41, 5.74) is 1.14. The van der Waals surface area contributed by atoms with E-state index in [1.807, 2.05) is 0 Å². The van der Waals surface area contributed by atoms with E-state index in [0.29, 0.717) is 28.0 Å². The largest absolute Gasteiger partial charge is 0.381 e. The van der Waals surface area contributed by atoms with Gasteiger partial charge in [0.2, 0.25) is 15.9 Å². The van der Waals surface area contributed by atoms with Crippen molar-refractivity contribution in [1.29, 1.82) is 0 Å². The number of anilines is 1. The summed E-state index contributed by atoms with van der Waals surface area (Å²) in [7, 11) is -8.59. The third-order valence-corrected chi connectivity index (χ3v) is 10.9. The molecule has 0 spiro atoms. The lowest BCUT2D eigenvalue weighted by molar-refractivity contribution is -0.119. The quantitative estimate of drug-likeness (QED) is 0.542. The van der Waals surface area contributed by atoms with Gasteiger partial charge in [-0.3, -0.25) is 4.79 Å². The summed E-state index contributed by atoms with van der Waals surface area (Å²) in [4.78, 5) is 16.2. The Morgan fingerprint density at radius 3 is 2.29 bits per heavy atom. The average molecular weight is 570 g/mol. The number of rotatable bonds is 7. The number of nitrogens with zero attached hydrogens (tertiary/aromatic N) is 4. The van der Waals surface area contributed by atoms with E-state index in [1.54, 1.807) is 18.2 Å². The van der Waals surface area contributed by atoms with Crippen molar-refractivity contribution >= 4 is 42.9 Å². The number of ether oxygens (including phenoxy) is 1. The Bertz CT molecular complexity index is 1380. The Morgan fingerprint density at radius 1 is 1.11 bits per heavy atom. The van der Waals surface area contributed by atoms with Crippen LogP contribution in [-0.2, 0) is 41.7 Å². The maximum atomic E-state index is 13.6. The molecule has 0 unspecified atom stereocenters. The van der Waals surface area contributed by atoms with Crippen molar-refractivity contribution in [3.63, 3.8) is 0 Å². The Morgan fingerprint density at radius 2 is 1.74 bits per heavy atom. The number of hydrogen-bond donors (Lipinski definition) is 1. The van der Waals surface area contributed by atoms with Crippen LogP contribution in [0.2, 0.25) is 0 Å². The van der Waals surface area contributed by atoms with E-state index in [-0.39, 0.29) is 36.1 Å². The molecule has 2 saturated heterocycles. The second kappa shape index (κ2) is 10.7. The molecule has 2 fully saturated rings. The lowest BCUT2D eigenvalue weighted by Gasteiger charge is -2.34. The van der Waals surface area contributed by atoms with Crippen LogP contribution < -0.4 is 9.03 Å². The van der Waals surface area contributed by atoms with Crippen LogP contribution in [0.3, 0.4) is 0 Å². The molecule has 0 bridgehead atoms. The number of carbonyl (C=O) groups excluding carboxylic acids is 1. The van der Waals surface area contributed by atoms with Crippen LogP contribution in [-0.4, -0.2) is 75.2 Å². The highest BCUT2D eigenvalue weighted by molar-refractivity contribution is 8.08. The van der Waals surface area contributed by atoms with E-state index in [0.717, 1.165) is 50.2 Å². The summed E-state index contributed by atoms with van der Waals surface area (Å²) in [5.74, 6) is 1.13. The zero-order valence-electron chi connectivity index (χ0n) is 22.8. The number of imidazole rings is 1. The number of benzene rings is 1. The monoisotopic (exact) mass is 569 g/mol. The van der Waals surface area contributed by atoms with Gasteiger partial charge in [-0.2, -0.15) is 16.4 Å². The number of fused-ring (bicyclic) bond motifs is 1. The van der Waals surface area contributed by atoms with Gasteiger partial charge in [0.25, 0.3) is 0 Å². The highest BCUT2D eigenvalue weighted by atomic mass is 32.3. The number of carbonyl (C=O) groups is 1. The SMILES string of the molecule is CC(=O)NC1CCN(S(=O)(=O)N(c2ccc3c(c2)nc(C(C)(C)C)n3CC2CCOCC2)S(C)(=O)=O)CC1. The molecule has 1 amide bonds. The van der Waals surface area contributed by atoms with Crippen molar-refractivity contribution in [2.24, 2.45) is 5.92 Å². The molecule has 2 aliphatic rings. The fourth-order valence-corrected chi connectivity index (χ4v) is 8.71. The van der Waals surface area contributed by atoms with Crippen LogP contribution in [0.15, 0.2) is 18.2 Å². The predicted octanol–water partition coefficient (Wildman–Crippen LogP) is 2.37. The van der Waals surface area contributed by atoms with Crippen LogP contribution >= 0.6 is 0 Å². The summed E-state index contributed by atoms with van der Waals surface area (Å²) in [6.07, 6.45) is 3.62. The summed E-state index contributed by atoms with van der Waals surface area (Å²) in [6.45, 7) is 10.1. The van der Waals surface area contributed by atoms with E-state index < -0.39 is 20.2 Å². The van der Waals surface area contributed by atoms with Crippen molar-refractivity contribution in [2.75, 3.05) is 36.3 Å². The maximum Gasteiger partial charge on any atom is 0.317 e. The Hall–Kier alpha value is -2.22. The number of piperidine rings is 1. The highest BCUT2D eigenvalue weighted by Gasteiger charge is 2.39. The smallest absolute Gasteiger partial charge is 0.317 e. The van der Waals surface area contributed by atoms with Crippen LogP contribution in [0.25, 0.3) is 11.0 Å². The first-order valence-corrected chi connectivity index (χ1v) is 16.3. The first-order chi connectivity index (χ1) is 17.7. The molecule has 13 heteroatoms. The van der Waals surface area contributed by atoms with Crippen LogP contribution in [0.4, 0.5) is 5.69 Å². The summed E-state index contributed by atoms with van der Waals surface area (Å²) in [5, 5.41) is 2.80. The van der Waals surface area contributed by atoms with Gasteiger partial charge in [-0.05, 0) is 49.8 Å². The molecule has 1 aromatic heterocycles. The minimum Gasteiger partial charge on any atom is -0.381 e. The van der Waals surface area contributed by atoms with Gasteiger partial charge in [0.15, 0.2) is 0 Å². The van der Waals surface area contributed by atoms with E-state index in [2.05, 4.69) is 30.7 Å². The van der Waals surface area contributed by atoms with E-state index in [9.17, 15) is 21.6 Å². The molecular weight excluding hydrogens is 530 g/mol. The zero-order chi connectivity index (χ0) is 27.9. The van der Waals surface area contributed by atoms with Gasteiger partial charge in [-0.15, -0.1) is 0 Å². The van der Waals surface area contributed by atoms with Crippen LogP contribution in [0.5, 0.6) is 0 Å². The van der Waals surface area contributed by atoms with Gasteiger partial charge < -0.3 is 14.6 Å². The van der Waals surface area contributed by atoms with E-state index >= 15 is 0 Å². The number of nitrogens with one attached hydrogen (secondary N) is 1. The minimum atomic E-state index is -4.39. The van der Waals surface area contributed by atoms with E-state index in [1.165, 1.54) is 11.2 Å². The highest BCUT2D eigenvalue weighted by Crippen LogP contribution is 2.33. The maximum absolute atomic E-state index is 13.6. The molecule has 0 radical (unpaired) electrons. The first-order valence-electron chi connectivity index (χ1n) is 13.0. The third-order valence-electron chi connectivity index (χ3n) is 7.09. The van der Waals surface area contributed by atoms with Crippen LogP contribution in [0, 0.1) is 5.92 Å². The van der Waals surface area contributed by atoms with Gasteiger partial charge >= 0.3 is 10.2 Å². The number of sulfonamides is 1. The van der Waals surface area contributed by atoms with Gasteiger partial charge in [-0.25, -0.2) is 13.4 Å². The summed E-state index contributed by atoms with van der Waals surface area (Å²) >= 11 is 0. The van der Waals surface area contributed by atoms with Crippen molar-refractivity contribution in [3.05, 3.63) is 24.0 Å². The second-order valence-electron chi connectivity index (χ2n) is 11.4. The molecule has 2 aliphatic heterocycles.